The van der Waals surface area contributed by atoms with Gasteiger partial charge in [0.15, 0.2) is 0 Å². The molecule has 0 radical (unpaired) electrons. The Kier molecular flexibility index (Phi) is 5.40. The third-order valence-electron chi connectivity index (χ3n) is 4.33. The number of carbonyl (C=O) groups is 1. The van der Waals surface area contributed by atoms with Crippen LogP contribution in [0.5, 0.6) is 5.88 Å². The van der Waals surface area contributed by atoms with Crippen LogP contribution >= 0.6 is 0 Å². The first-order valence-corrected chi connectivity index (χ1v) is 7.97. The van der Waals surface area contributed by atoms with Gasteiger partial charge in [0.1, 0.15) is 5.60 Å². The summed E-state index contributed by atoms with van der Waals surface area (Å²) in [5.41, 5.74) is 0.869. The topological polar surface area (TPSA) is 60.5 Å². The minimum atomic E-state index is -0.718. The second-order valence-electron chi connectivity index (χ2n) is 6.13. The smallest absolute Gasteiger partial charge is 0.256 e. The Hall–Kier alpha value is -1.62. The highest BCUT2D eigenvalue weighted by Gasteiger charge is 2.42. The van der Waals surface area contributed by atoms with E-state index in [2.05, 4.69) is 17.2 Å². The molecule has 1 fully saturated rings. The standard InChI is InChI=1S/C17H26N2O3/c1-5-22-15-13(3)9-14(11-18-15)19-16(20)17(21-4)8-6-7-12(2)10-17/h9,11-12H,5-8,10H2,1-4H3,(H,19,20)/t12-,17+/m1/s1. The highest BCUT2D eigenvalue weighted by atomic mass is 16.5. The number of hydrogen-bond donors (Lipinski definition) is 1. The molecule has 0 spiro atoms. The minimum absolute atomic E-state index is 0.0769. The van der Waals surface area contributed by atoms with Gasteiger partial charge in [0, 0.05) is 12.7 Å². The quantitative estimate of drug-likeness (QED) is 0.906. The molecule has 5 heteroatoms. The Balaban J connectivity index is 2.12. The van der Waals surface area contributed by atoms with E-state index in [-0.39, 0.29) is 5.91 Å². The lowest BCUT2D eigenvalue weighted by Crippen LogP contribution is -2.47. The first-order valence-electron chi connectivity index (χ1n) is 7.97. The van der Waals surface area contributed by atoms with Crippen LogP contribution in [-0.4, -0.2) is 30.2 Å². The number of aromatic nitrogens is 1. The van der Waals surface area contributed by atoms with E-state index in [0.717, 1.165) is 31.2 Å². The fourth-order valence-corrected chi connectivity index (χ4v) is 3.15. The zero-order chi connectivity index (χ0) is 16.2. The van der Waals surface area contributed by atoms with Gasteiger partial charge in [0.2, 0.25) is 5.88 Å². The van der Waals surface area contributed by atoms with E-state index in [4.69, 9.17) is 9.47 Å². The lowest BCUT2D eigenvalue weighted by atomic mass is 9.78. The van der Waals surface area contributed by atoms with Gasteiger partial charge in [-0.25, -0.2) is 4.98 Å². The zero-order valence-corrected chi connectivity index (χ0v) is 13.9. The monoisotopic (exact) mass is 306 g/mol. The van der Waals surface area contributed by atoms with Crippen molar-refractivity contribution in [1.82, 2.24) is 4.98 Å². The Morgan fingerprint density at radius 3 is 2.91 bits per heavy atom. The maximum Gasteiger partial charge on any atom is 0.256 e. The van der Waals surface area contributed by atoms with Gasteiger partial charge in [0.05, 0.1) is 18.5 Å². The van der Waals surface area contributed by atoms with Crippen LogP contribution in [0, 0.1) is 12.8 Å². The molecular formula is C17H26N2O3. The van der Waals surface area contributed by atoms with Crippen LogP contribution in [0.15, 0.2) is 12.3 Å². The number of nitrogens with one attached hydrogen (secondary N) is 1. The predicted octanol–water partition coefficient (Wildman–Crippen LogP) is 3.32. The molecule has 5 nitrogen and oxygen atoms in total. The van der Waals surface area contributed by atoms with Crippen molar-refractivity contribution in [2.45, 2.75) is 52.1 Å². The summed E-state index contributed by atoms with van der Waals surface area (Å²) in [6.07, 6.45) is 5.33. The molecule has 1 aliphatic rings. The van der Waals surface area contributed by atoms with Crippen molar-refractivity contribution in [2.75, 3.05) is 19.0 Å². The van der Waals surface area contributed by atoms with Crippen molar-refractivity contribution in [3.63, 3.8) is 0 Å². The summed E-state index contributed by atoms with van der Waals surface area (Å²) in [4.78, 5) is 16.9. The van der Waals surface area contributed by atoms with E-state index in [1.165, 1.54) is 0 Å². The van der Waals surface area contributed by atoms with Gasteiger partial charge in [-0.15, -0.1) is 0 Å². The molecule has 1 saturated carbocycles. The van der Waals surface area contributed by atoms with Crippen molar-refractivity contribution in [2.24, 2.45) is 5.92 Å². The highest BCUT2D eigenvalue weighted by Crippen LogP contribution is 2.35. The molecule has 1 heterocycles. The third-order valence-corrected chi connectivity index (χ3v) is 4.33. The summed E-state index contributed by atoms with van der Waals surface area (Å²) < 4.78 is 11.0. The fraction of sp³-hybridized carbons (Fsp3) is 0.647. The summed E-state index contributed by atoms with van der Waals surface area (Å²) >= 11 is 0. The zero-order valence-electron chi connectivity index (χ0n) is 13.9. The number of rotatable bonds is 5. The largest absolute Gasteiger partial charge is 0.478 e. The Bertz CT molecular complexity index is 533. The van der Waals surface area contributed by atoms with Crippen molar-refractivity contribution in [1.29, 1.82) is 0 Å². The normalized spacial score (nSPS) is 24.8. The Morgan fingerprint density at radius 2 is 2.32 bits per heavy atom. The Labute approximate surface area is 132 Å². The second kappa shape index (κ2) is 7.09. The minimum Gasteiger partial charge on any atom is -0.478 e. The molecule has 1 aliphatic carbocycles. The third kappa shape index (κ3) is 3.58. The van der Waals surface area contributed by atoms with Gasteiger partial charge in [-0.05, 0) is 45.1 Å². The van der Waals surface area contributed by atoms with Crippen LogP contribution < -0.4 is 10.1 Å². The number of methoxy groups -OCH3 is 1. The average Bonchev–Trinajstić information content (AvgIpc) is 2.50. The molecule has 2 rings (SSSR count). The average molecular weight is 306 g/mol. The van der Waals surface area contributed by atoms with E-state index in [1.807, 2.05) is 19.9 Å². The van der Waals surface area contributed by atoms with Crippen molar-refractivity contribution in [3.8, 4) is 5.88 Å². The van der Waals surface area contributed by atoms with Gasteiger partial charge < -0.3 is 14.8 Å². The lowest BCUT2D eigenvalue weighted by Gasteiger charge is -2.37. The SMILES string of the molecule is CCOc1ncc(NC(=O)[C@]2(OC)CCC[C@@H](C)C2)cc1C. The number of ether oxygens (including phenoxy) is 2. The molecule has 0 aliphatic heterocycles. The molecule has 2 atom stereocenters. The van der Waals surface area contributed by atoms with Crippen LogP contribution in [0.1, 0.15) is 45.1 Å². The maximum absolute atomic E-state index is 12.7. The number of anilines is 1. The lowest BCUT2D eigenvalue weighted by molar-refractivity contribution is -0.143. The molecule has 22 heavy (non-hydrogen) atoms. The summed E-state index contributed by atoms with van der Waals surface area (Å²) in [6, 6.07) is 1.88. The predicted molar refractivity (Wildman–Crippen MR) is 86.1 cm³/mol. The summed E-state index contributed by atoms with van der Waals surface area (Å²) in [6.45, 7) is 6.58. The van der Waals surface area contributed by atoms with Gasteiger partial charge in [-0.2, -0.15) is 0 Å². The van der Waals surface area contributed by atoms with Crippen LogP contribution in [0.2, 0.25) is 0 Å². The van der Waals surface area contributed by atoms with Gasteiger partial charge in [-0.3, -0.25) is 4.79 Å². The molecule has 1 N–H and O–H groups in total. The van der Waals surface area contributed by atoms with Crippen LogP contribution in [0.3, 0.4) is 0 Å². The summed E-state index contributed by atoms with van der Waals surface area (Å²) in [7, 11) is 1.62. The molecule has 1 aromatic heterocycles. The molecule has 1 aromatic rings. The molecular weight excluding hydrogens is 280 g/mol. The molecule has 122 valence electrons. The maximum atomic E-state index is 12.7. The van der Waals surface area contributed by atoms with E-state index < -0.39 is 5.60 Å². The summed E-state index contributed by atoms with van der Waals surface area (Å²) in [5, 5.41) is 2.95. The van der Waals surface area contributed by atoms with Crippen molar-refractivity contribution in [3.05, 3.63) is 17.8 Å². The van der Waals surface area contributed by atoms with Crippen molar-refractivity contribution >= 4 is 11.6 Å². The van der Waals surface area contributed by atoms with Gasteiger partial charge >= 0.3 is 0 Å². The molecule has 1 amide bonds. The molecule has 0 unspecified atom stereocenters. The van der Waals surface area contributed by atoms with E-state index in [0.29, 0.717) is 24.1 Å². The van der Waals surface area contributed by atoms with Crippen LogP contribution in [-0.2, 0) is 9.53 Å². The number of amides is 1. The van der Waals surface area contributed by atoms with Crippen molar-refractivity contribution < 1.29 is 14.3 Å². The van der Waals surface area contributed by atoms with Gasteiger partial charge in [0.25, 0.3) is 5.91 Å². The number of nitrogens with zero attached hydrogens (tertiary/aromatic N) is 1. The number of carbonyl (C=O) groups excluding carboxylic acids is 1. The van der Waals surface area contributed by atoms with E-state index in [1.54, 1.807) is 13.3 Å². The van der Waals surface area contributed by atoms with E-state index in [9.17, 15) is 4.79 Å². The molecule has 0 saturated heterocycles. The summed E-state index contributed by atoms with van der Waals surface area (Å²) in [5.74, 6) is 1.03. The highest BCUT2D eigenvalue weighted by molar-refractivity contribution is 5.97. The Morgan fingerprint density at radius 1 is 1.55 bits per heavy atom. The first-order chi connectivity index (χ1) is 10.5. The molecule has 0 aromatic carbocycles. The van der Waals surface area contributed by atoms with Crippen LogP contribution in [0.4, 0.5) is 5.69 Å². The van der Waals surface area contributed by atoms with Crippen LogP contribution in [0.25, 0.3) is 0 Å². The number of hydrogen-bond acceptors (Lipinski definition) is 4. The molecule has 0 bridgehead atoms. The van der Waals surface area contributed by atoms with Gasteiger partial charge in [-0.1, -0.05) is 13.3 Å². The first kappa shape index (κ1) is 16.7. The second-order valence-corrected chi connectivity index (χ2v) is 6.13. The fourth-order valence-electron chi connectivity index (χ4n) is 3.15. The number of pyridine rings is 1. The number of aryl methyl sites for hydroxylation is 1. The van der Waals surface area contributed by atoms with E-state index >= 15 is 0 Å².